The van der Waals surface area contributed by atoms with Gasteiger partial charge in [-0.1, -0.05) is 18.2 Å². The molecule has 3 N–H and O–H groups in total. The van der Waals surface area contributed by atoms with E-state index in [-0.39, 0.29) is 23.7 Å². The first-order chi connectivity index (χ1) is 12.0. The number of carbonyl (C=O) groups excluding carboxylic acids is 2. The molecule has 1 aromatic carbocycles. The van der Waals surface area contributed by atoms with Crippen LogP contribution in [0.4, 0.5) is 5.69 Å². The molecule has 0 aromatic heterocycles. The van der Waals surface area contributed by atoms with Gasteiger partial charge >= 0.3 is 5.97 Å². The Morgan fingerprint density at radius 1 is 1.12 bits per heavy atom. The van der Waals surface area contributed by atoms with Crippen molar-refractivity contribution >= 4 is 23.5 Å². The average molecular weight is 340 g/mol. The van der Waals surface area contributed by atoms with E-state index in [9.17, 15) is 19.5 Å². The van der Waals surface area contributed by atoms with Crippen molar-refractivity contribution in [2.75, 3.05) is 11.9 Å². The smallest absolute Gasteiger partial charge is 0.307 e. The molecule has 2 amide bonds. The summed E-state index contributed by atoms with van der Waals surface area (Å²) in [6, 6.07) is 6.51. The lowest BCUT2D eigenvalue weighted by Crippen LogP contribution is -2.36. The quantitative estimate of drug-likeness (QED) is 0.691. The van der Waals surface area contributed by atoms with Crippen molar-refractivity contribution in [1.29, 1.82) is 0 Å². The number of amides is 2. The molecule has 6 heteroatoms. The number of hydrogen-bond donors (Lipinski definition) is 3. The largest absolute Gasteiger partial charge is 0.481 e. The third-order valence-corrected chi connectivity index (χ3v) is 4.87. The number of carboxylic acids is 1. The van der Waals surface area contributed by atoms with Gasteiger partial charge in [0.1, 0.15) is 0 Å². The summed E-state index contributed by atoms with van der Waals surface area (Å²) in [4.78, 5) is 35.9. The minimum atomic E-state index is -0.925. The van der Waals surface area contributed by atoms with Crippen molar-refractivity contribution in [1.82, 2.24) is 5.32 Å². The maximum Gasteiger partial charge on any atom is 0.307 e. The molecule has 130 valence electrons. The van der Waals surface area contributed by atoms with E-state index in [1.165, 1.54) is 0 Å². The number of hydrogen-bond acceptors (Lipinski definition) is 3. The Balaban J connectivity index is 1.67. The Hall–Kier alpha value is -2.89. The SMILES string of the molecule is C=CCNC(=O)c1ccc(NC(=O)[C@H]2[C@@H](C(=O)O)[C@H]3C=C[C@H]2C3)cc1. The van der Waals surface area contributed by atoms with E-state index >= 15 is 0 Å². The monoisotopic (exact) mass is 340 g/mol. The zero-order valence-corrected chi connectivity index (χ0v) is 13.6. The van der Waals surface area contributed by atoms with Crippen LogP contribution in [0.5, 0.6) is 0 Å². The van der Waals surface area contributed by atoms with E-state index < -0.39 is 17.8 Å². The minimum absolute atomic E-state index is 0.0185. The van der Waals surface area contributed by atoms with Crippen molar-refractivity contribution in [3.05, 3.63) is 54.6 Å². The second-order valence-corrected chi connectivity index (χ2v) is 6.40. The molecule has 0 saturated heterocycles. The third-order valence-electron chi connectivity index (χ3n) is 4.87. The number of nitrogens with one attached hydrogen (secondary N) is 2. The van der Waals surface area contributed by atoms with Crippen LogP contribution in [0.15, 0.2) is 49.1 Å². The lowest BCUT2D eigenvalue weighted by atomic mass is 9.82. The number of fused-ring (bicyclic) bond motifs is 2. The number of carboxylic acid groups (broad SMARTS) is 1. The van der Waals surface area contributed by atoms with Gasteiger partial charge < -0.3 is 15.7 Å². The highest BCUT2D eigenvalue weighted by atomic mass is 16.4. The number of anilines is 1. The first-order valence-electron chi connectivity index (χ1n) is 8.22. The van der Waals surface area contributed by atoms with Crippen molar-refractivity contribution < 1.29 is 19.5 Å². The highest BCUT2D eigenvalue weighted by Gasteiger charge is 2.51. The molecule has 0 unspecified atom stereocenters. The van der Waals surface area contributed by atoms with Crippen molar-refractivity contribution in [2.24, 2.45) is 23.7 Å². The minimum Gasteiger partial charge on any atom is -0.481 e. The highest BCUT2D eigenvalue weighted by Crippen LogP contribution is 2.48. The fourth-order valence-electron chi connectivity index (χ4n) is 3.71. The molecule has 3 rings (SSSR count). The van der Waals surface area contributed by atoms with Gasteiger partial charge in [0.05, 0.1) is 11.8 Å². The molecule has 0 spiro atoms. The zero-order chi connectivity index (χ0) is 18.0. The molecule has 1 saturated carbocycles. The maximum atomic E-state index is 12.6. The molecule has 1 aromatic rings. The zero-order valence-electron chi connectivity index (χ0n) is 13.6. The second kappa shape index (κ2) is 6.93. The molecule has 25 heavy (non-hydrogen) atoms. The summed E-state index contributed by atoms with van der Waals surface area (Å²) < 4.78 is 0. The first kappa shape index (κ1) is 17.0. The summed E-state index contributed by atoms with van der Waals surface area (Å²) in [6.45, 7) is 3.92. The van der Waals surface area contributed by atoms with Crippen molar-refractivity contribution in [3.63, 3.8) is 0 Å². The van der Waals surface area contributed by atoms with Gasteiger partial charge in [-0.2, -0.15) is 0 Å². The molecule has 2 bridgehead atoms. The molecule has 0 heterocycles. The van der Waals surface area contributed by atoms with Gasteiger partial charge in [0.15, 0.2) is 0 Å². The van der Waals surface area contributed by atoms with Crippen LogP contribution < -0.4 is 10.6 Å². The van der Waals surface area contributed by atoms with E-state index in [4.69, 9.17) is 0 Å². The van der Waals surface area contributed by atoms with Crippen molar-refractivity contribution in [2.45, 2.75) is 6.42 Å². The van der Waals surface area contributed by atoms with Gasteiger partial charge in [-0.05, 0) is 42.5 Å². The molecule has 0 aliphatic heterocycles. The number of benzene rings is 1. The summed E-state index contributed by atoms with van der Waals surface area (Å²) >= 11 is 0. The normalized spacial score (nSPS) is 26.2. The second-order valence-electron chi connectivity index (χ2n) is 6.40. The molecule has 6 nitrogen and oxygen atoms in total. The summed E-state index contributed by atoms with van der Waals surface area (Å²) in [5.41, 5.74) is 1.02. The van der Waals surface area contributed by atoms with Gasteiger partial charge in [-0.3, -0.25) is 14.4 Å². The Kier molecular flexibility index (Phi) is 4.70. The van der Waals surface area contributed by atoms with Gasteiger partial charge in [-0.25, -0.2) is 0 Å². The Labute approximate surface area is 145 Å². The summed E-state index contributed by atoms with van der Waals surface area (Å²) in [5, 5.41) is 14.9. The Morgan fingerprint density at radius 2 is 1.76 bits per heavy atom. The molecule has 2 aliphatic carbocycles. The van der Waals surface area contributed by atoms with Crippen LogP contribution in [0, 0.1) is 23.7 Å². The lowest BCUT2D eigenvalue weighted by Gasteiger charge is -2.23. The molecule has 1 fully saturated rings. The fraction of sp³-hybridized carbons (Fsp3) is 0.316. The van der Waals surface area contributed by atoms with E-state index in [2.05, 4.69) is 17.2 Å². The van der Waals surface area contributed by atoms with E-state index in [1.807, 2.05) is 12.2 Å². The van der Waals surface area contributed by atoms with Crippen LogP contribution in [0.1, 0.15) is 16.8 Å². The molecular formula is C19H20N2O4. The number of carbonyl (C=O) groups is 3. The number of aliphatic carboxylic acids is 1. The third kappa shape index (κ3) is 3.33. The average Bonchev–Trinajstić information content (AvgIpc) is 3.21. The topological polar surface area (TPSA) is 95.5 Å². The van der Waals surface area contributed by atoms with Crippen LogP contribution in [0.2, 0.25) is 0 Å². The van der Waals surface area contributed by atoms with Crippen LogP contribution in [-0.2, 0) is 9.59 Å². The molecular weight excluding hydrogens is 320 g/mol. The van der Waals surface area contributed by atoms with Crippen LogP contribution >= 0.6 is 0 Å². The predicted molar refractivity (Wildman–Crippen MR) is 93.0 cm³/mol. The lowest BCUT2D eigenvalue weighted by molar-refractivity contribution is -0.146. The summed E-state index contributed by atoms with van der Waals surface area (Å²) in [6.07, 6.45) is 6.16. The Morgan fingerprint density at radius 3 is 2.36 bits per heavy atom. The maximum absolute atomic E-state index is 12.6. The van der Waals surface area contributed by atoms with Crippen LogP contribution in [0.25, 0.3) is 0 Å². The van der Waals surface area contributed by atoms with E-state index in [0.29, 0.717) is 17.8 Å². The van der Waals surface area contributed by atoms with Crippen LogP contribution in [0.3, 0.4) is 0 Å². The van der Waals surface area contributed by atoms with Gasteiger partial charge in [0.25, 0.3) is 5.91 Å². The first-order valence-corrected chi connectivity index (χ1v) is 8.22. The van der Waals surface area contributed by atoms with Gasteiger partial charge in [0, 0.05) is 17.8 Å². The van der Waals surface area contributed by atoms with E-state index in [0.717, 1.165) is 6.42 Å². The number of allylic oxidation sites excluding steroid dienone is 2. The van der Waals surface area contributed by atoms with E-state index in [1.54, 1.807) is 30.3 Å². The Bertz CT molecular complexity index is 738. The van der Waals surface area contributed by atoms with Gasteiger partial charge in [0.2, 0.25) is 5.91 Å². The highest BCUT2D eigenvalue weighted by molar-refractivity contribution is 5.98. The molecule has 4 atom stereocenters. The summed E-state index contributed by atoms with van der Waals surface area (Å²) in [5.74, 6) is -2.73. The van der Waals surface area contributed by atoms with Crippen molar-refractivity contribution in [3.8, 4) is 0 Å². The predicted octanol–water partition coefficient (Wildman–Crippen LogP) is 2.06. The fourth-order valence-corrected chi connectivity index (χ4v) is 3.71. The standard InChI is InChI=1S/C19H20N2O4/c1-2-9-20-17(22)11-5-7-14(8-6-11)21-18(23)15-12-3-4-13(10-12)16(15)19(24)25/h2-8,12-13,15-16H,1,9-10H2,(H,20,22)(H,21,23)(H,24,25)/t12-,13-,15+,16-/m0/s1. The summed E-state index contributed by atoms with van der Waals surface area (Å²) in [7, 11) is 0. The molecule has 2 aliphatic rings. The number of rotatable bonds is 6. The molecule has 0 radical (unpaired) electrons. The van der Waals surface area contributed by atoms with Crippen LogP contribution in [-0.4, -0.2) is 29.4 Å². The van der Waals surface area contributed by atoms with Gasteiger partial charge in [-0.15, -0.1) is 6.58 Å².